The van der Waals surface area contributed by atoms with Crippen LogP contribution in [-0.4, -0.2) is 24.1 Å². The topological polar surface area (TPSA) is 45.2 Å². The maximum atomic E-state index is 11.2. The summed E-state index contributed by atoms with van der Waals surface area (Å²) >= 11 is 0. The number of amides is 2. The van der Waals surface area contributed by atoms with Crippen LogP contribution in [-0.2, 0) is 0 Å². The van der Waals surface area contributed by atoms with Crippen molar-refractivity contribution in [3.63, 3.8) is 0 Å². The Balaban J connectivity index is 2.25. The van der Waals surface area contributed by atoms with E-state index in [-0.39, 0.29) is 6.03 Å². The minimum atomic E-state index is -0.0589. The summed E-state index contributed by atoms with van der Waals surface area (Å²) in [5, 5.41) is 2.73. The van der Waals surface area contributed by atoms with Gasteiger partial charge in [-0.25, -0.2) is 9.78 Å². The molecule has 0 aliphatic carbocycles. The first kappa shape index (κ1) is 8.04. The molecule has 0 radical (unpaired) electrons. The number of hydrogen-bond donors (Lipinski definition) is 1. The van der Waals surface area contributed by atoms with Gasteiger partial charge in [0.25, 0.3) is 0 Å². The number of carbonyl (C=O) groups excluding carboxylic acids is 1. The van der Waals surface area contributed by atoms with E-state index in [1.54, 1.807) is 11.1 Å². The number of nitrogens with zero attached hydrogens (tertiary/aromatic N) is 2. The molecule has 0 bridgehead atoms. The molecule has 1 aromatic rings. The highest BCUT2D eigenvalue weighted by molar-refractivity contribution is 5.92. The van der Waals surface area contributed by atoms with Gasteiger partial charge in [0.05, 0.1) is 0 Å². The van der Waals surface area contributed by atoms with Gasteiger partial charge in [0.15, 0.2) is 0 Å². The molecule has 1 aliphatic rings. The molecule has 1 N–H and O–H groups in total. The average molecular weight is 177 g/mol. The highest BCUT2D eigenvalue weighted by Crippen LogP contribution is 2.12. The van der Waals surface area contributed by atoms with Crippen LogP contribution in [0.4, 0.5) is 10.6 Å². The second-order valence-electron chi connectivity index (χ2n) is 3.08. The zero-order chi connectivity index (χ0) is 9.26. The summed E-state index contributed by atoms with van der Waals surface area (Å²) in [6.07, 6.45) is 1.76. The van der Waals surface area contributed by atoms with E-state index >= 15 is 0 Å². The van der Waals surface area contributed by atoms with E-state index in [1.165, 1.54) is 0 Å². The first-order valence-corrected chi connectivity index (χ1v) is 4.25. The zero-order valence-corrected chi connectivity index (χ0v) is 7.45. The summed E-state index contributed by atoms with van der Waals surface area (Å²) in [5.41, 5.74) is 1.10. The fraction of sp³-hybridized carbons (Fsp3) is 0.333. The molecule has 4 heteroatoms. The highest BCUT2D eigenvalue weighted by atomic mass is 16.2. The Morgan fingerprint density at radius 2 is 2.38 bits per heavy atom. The number of aryl methyl sites for hydroxylation is 1. The lowest BCUT2D eigenvalue weighted by Crippen LogP contribution is -2.28. The second kappa shape index (κ2) is 3.05. The molecule has 0 aromatic carbocycles. The Morgan fingerprint density at radius 3 is 2.92 bits per heavy atom. The minimum Gasteiger partial charge on any atom is -0.336 e. The second-order valence-corrected chi connectivity index (χ2v) is 3.08. The van der Waals surface area contributed by atoms with E-state index in [1.807, 2.05) is 19.1 Å². The summed E-state index contributed by atoms with van der Waals surface area (Å²) < 4.78 is 0. The fourth-order valence-corrected chi connectivity index (χ4v) is 1.31. The SMILES string of the molecule is Cc1ccc(N2CCNC2=O)nc1. The largest absolute Gasteiger partial charge is 0.336 e. The van der Waals surface area contributed by atoms with Crippen molar-refractivity contribution >= 4 is 11.8 Å². The predicted molar refractivity (Wildman–Crippen MR) is 49.7 cm³/mol. The molecule has 0 spiro atoms. The van der Waals surface area contributed by atoms with Gasteiger partial charge < -0.3 is 5.32 Å². The Hall–Kier alpha value is -1.58. The van der Waals surface area contributed by atoms with Gasteiger partial charge in [-0.05, 0) is 18.6 Å². The molecule has 0 unspecified atom stereocenters. The van der Waals surface area contributed by atoms with Gasteiger partial charge in [-0.3, -0.25) is 4.90 Å². The molecule has 1 fully saturated rings. The summed E-state index contributed by atoms with van der Waals surface area (Å²) in [4.78, 5) is 17.0. The van der Waals surface area contributed by atoms with Crippen LogP contribution < -0.4 is 10.2 Å². The molecule has 0 saturated carbocycles. The van der Waals surface area contributed by atoms with Crippen LogP contribution in [0, 0.1) is 6.92 Å². The third-order valence-corrected chi connectivity index (χ3v) is 2.03. The number of urea groups is 1. The summed E-state index contributed by atoms with van der Waals surface area (Å²) in [6.45, 7) is 3.38. The van der Waals surface area contributed by atoms with Crippen LogP contribution in [0.15, 0.2) is 18.3 Å². The lowest BCUT2D eigenvalue weighted by atomic mass is 10.3. The van der Waals surface area contributed by atoms with Crippen LogP contribution in [0.25, 0.3) is 0 Å². The fourth-order valence-electron chi connectivity index (χ4n) is 1.31. The predicted octanol–water partition coefficient (Wildman–Crippen LogP) is 0.920. The lowest BCUT2D eigenvalue weighted by molar-refractivity contribution is 0.252. The monoisotopic (exact) mass is 177 g/mol. The van der Waals surface area contributed by atoms with Crippen molar-refractivity contribution in [2.45, 2.75) is 6.92 Å². The number of carbonyl (C=O) groups is 1. The van der Waals surface area contributed by atoms with Gasteiger partial charge in [0.2, 0.25) is 0 Å². The average Bonchev–Trinajstić information content (AvgIpc) is 2.53. The molecule has 13 heavy (non-hydrogen) atoms. The van der Waals surface area contributed by atoms with Gasteiger partial charge in [-0.1, -0.05) is 6.07 Å². The maximum Gasteiger partial charge on any atom is 0.323 e. The Labute approximate surface area is 76.6 Å². The van der Waals surface area contributed by atoms with E-state index in [0.717, 1.165) is 11.4 Å². The molecule has 2 amide bonds. The molecule has 2 rings (SSSR count). The Bertz CT molecular complexity index is 320. The van der Waals surface area contributed by atoms with Gasteiger partial charge >= 0.3 is 6.03 Å². The Kier molecular flexibility index (Phi) is 1.88. The van der Waals surface area contributed by atoms with Crippen molar-refractivity contribution in [3.8, 4) is 0 Å². The van der Waals surface area contributed by atoms with Crippen molar-refractivity contribution in [1.82, 2.24) is 10.3 Å². The smallest absolute Gasteiger partial charge is 0.323 e. The first-order chi connectivity index (χ1) is 6.27. The summed E-state index contributed by atoms with van der Waals surface area (Å²) in [6, 6.07) is 3.75. The van der Waals surface area contributed by atoms with Gasteiger partial charge in [0, 0.05) is 19.3 Å². The van der Waals surface area contributed by atoms with Crippen LogP contribution >= 0.6 is 0 Å². The van der Waals surface area contributed by atoms with Gasteiger partial charge in [0.1, 0.15) is 5.82 Å². The highest BCUT2D eigenvalue weighted by Gasteiger charge is 2.21. The number of nitrogens with one attached hydrogen (secondary N) is 1. The number of aromatic nitrogens is 1. The molecule has 1 aliphatic heterocycles. The zero-order valence-electron chi connectivity index (χ0n) is 7.45. The quantitative estimate of drug-likeness (QED) is 0.693. The molecular weight excluding hydrogens is 166 g/mol. The van der Waals surface area contributed by atoms with Crippen LogP contribution in [0.5, 0.6) is 0 Å². The van der Waals surface area contributed by atoms with Crippen LogP contribution in [0.3, 0.4) is 0 Å². The van der Waals surface area contributed by atoms with Crippen molar-refractivity contribution < 1.29 is 4.79 Å². The van der Waals surface area contributed by atoms with E-state index in [0.29, 0.717) is 13.1 Å². The van der Waals surface area contributed by atoms with E-state index in [4.69, 9.17) is 0 Å². The molecule has 1 aromatic heterocycles. The number of pyridine rings is 1. The van der Waals surface area contributed by atoms with E-state index in [2.05, 4.69) is 10.3 Å². The summed E-state index contributed by atoms with van der Waals surface area (Å²) in [7, 11) is 0. The molecule has 2 heterocycles. The third-order valence-electron chi connectivity index (χ3n) is 2.03. The molecular formula is C9H11N3O. The molecule has 4 nitrogen and oxygen atoms in total. The number of anilines is 1. The Morgan fingerprint density at radius 1 is 1.54 bits per heavy atom. The molecule has 1 saturated heterocycles. The van der Waals surface area contributed by atoms with E-state index < -0.39 is 0 Å². The normalized spacial score (nSPS) is 16.1. The van der Waals surface area contributed by atoms with Crippen LogP contribution in [0.1, 0.15) is 5.56 Å². The molecule has 0 atom stereocenters. The van der Waals surface area contributed by atoms with Crippen molar-refractivity contribution in [1.29, 1.82) is 0 Å². The standard InChI is InChI=1S/C9H11N3O/c1-7-2-3-8(11-6-7)12-5-4-10-9(12)13/h2-3,6H,4-5H2,1H3,(H,10,13). The third kappa shape index (κ3) is 1.47. The minimum absolute atomic E-state index is 0.0589. The van der Waals surface area contributed by atoms with Gasteiger partial charge in [-0.2, -0.15) is 0 Å². The van der Waals surface area contributed by atoms with Crippen molar-refractivity contribution in [2.75, 3.05) is 18.0 Å². The van der Waals surface area contributed by atoms with Crippen LogP contribution in [0.2, 0.25) is 0 Å². The first-order valence-electron chi connectivity index (χ1n) is 4.25. The number of hydrogen-bond acceptors (Lipinski definition) is 2. The molecule has 68 valence electrons. The lowest BCUT2D eigenvalue weighted by Gasteiger charge is -2.12. The van der Waals surface area contributed by atoms with Gasteiger partial charge in [-0.15, -0.1) is 0 Å². The maximum absolute atomic E-state index is 11.2. The van der Waals surface area contributed by atoms with Crippen molar-refractivity contribution in [3.05, 3.63) is 23.9 Å². The van der Waals surface area contributed by atoms with Crippen molar-refractivity contribution in [2.24, 2.45) is 0 Å². The van der Waals surface area contributed by atoms with E-state index in [9.17, 15) is 4.79 Å². The number of rotatable bonds is 1. The summed E-state index contributed by atoms with van der Waals surface area (Å²) in [5.74, 6) is 0.723.